The second-order valence-electron chi connectivity index (χ2n) is 7.02. The molecule has 2 heterocycles. The van der Waals surface area contributed by atoms with Crippen LogP contribution in [0.4, 0.5) is 10.5 Å². The van der Waals surface area contributed by atoms with Gasteiger partial charge in [0.1, 0.15) is 0 Å². The van der Waals surface area contributed by atoms with Crippen LogP contribution >= 0.6 is 0 Å². The third kappa shape index (κ3) is 4.42. The highest BCUT2D eigenvalue weighted by Gasteiger charge is 2.32. The molecule has 2 aliphatic heterocycles. The fraction of sp³-hybridized carbons (Fsp3) is 0.500. The number of hydrogen-bond acceptors (Lipinski definition) is 5. The fourth-order valence-corrected chi connectivity index (χ4v) is 3.49. The van der Waals surface area contributed by atoms with Gasteiger partial charge in [0.2, 0.25) is 0 Å². The number of amides is 2. The number of nitrogens with zero attached hydrogens (tertiary/aromatic N) is 1. The zero-order valence-corrected chi connectivity index (χ0v) is 15.8. The number of rotatable bonds is 5. The van der Waals surface area contributed by atoms with Gasteiger partial charge in [-0.05, 0) is 43.9 Å². The van der Waals surface area contributed by atoms with Crippen LogP contribution in [0.3, 0.4) is 0 Å². The summed E-state index contributed by atoms with van der Waals surface area (Å²) >= 11 is 0. The van der Waals surface area contributed by atoms with Crippen LogP contribution in [-0.4, -0.2) is 42.9 Å². The molecule has 0 aliphatic carbocycles. The maximum atomic E-state index is 12.5. The summed E-state index contributed by atoms with van der Waals surface area (Å²) in [4.78, 5) is 26.7. The van der Waals surface area contributed by atoms with Gasteiger partial charge in [-0.15, -0.1) is 0 Å². The van der Waals surface area contributed by atoms with E-state index in [1.165, 1.54) is 0 Å². The molecule has 2 amide bonds. The highest BCUT2D eigenvalue weighted by atomic mass is 16.5. The van der Waals surface area contributed by atoms with Crippen molar-refractivity contribution < 1.29 is 19.4 Å². The summed E-state index contributed by atoms with van der Waals surface area (Å²) in [6.45, 7) is 5.62. The first-order valence-corrected chi connectivity index (χ1v) is 9.48. The highest BCUT2D eigenvalue weighted by Crippen LogP contribution is 2.29. The number of anilines is 1. The number of carbonyl (C=O) groups is 2. The normalized spacial score (nSPS) is 20.9. The molecule has 1 fully saturated rings. The molecular formula is C20H27N3O4. The first-order chi connectivity index (χ1) is 13.0. The number of aliphatic hydroxyl groups is 1. The summed E-state index contributed by atoms with van der Waals surface area (Å²) in [5, 5.41) is 15.1. The number of carbonyl (C=O) groups excluding carboxylic acids is 2. The molecule has 146 valence electrons. The zero-order chi connectivity index (χ0) is 19.4. The lowest BCUT2D eigenvalue weighted by Crippen LogP contribution is -2.45. The first-order valence-electron chi connectivity index (χ1n) is 9.48. The average molecular weight is 373 g/mol. The smallest absolute Gasteiger partial charge is 0.338 e. The molecule has 3 N–H and O–H groups in total. The number of hydrogen-bond donors (Lipinski definition) is 3. The monoisotopic (exact) mass is 373 g/mol. The third-order valence-corrected chi connectivity index (χ3v) is 4.98. The van der Waals surface area contributed by atoms with Crippen LogP contribution in [0, 0.1) is 0 Å². The largest absolute Gasteiger partial charge is 0.462 e. The van der Waals surface area contributed by atoms with E-state index in [0.29, 0.717) is 17.9 Å². The first kappa shape index (κ1) is 19.2. The summed E-state index contributed by atoms with van der Waals surface area (Å²) in [7, 11) is 0. The van der Waals surface area contributed by atoms with Crippen LogP contribution in [-0.2, 0) is 9.53 Å². The Balaban J connectivity index is 1.81. The Labute approximate surface area is 159 Å². The van der Waals surface area contributed by atoms with Crippen LogP contribution in [0.5, 0.6) is 0 Å². The molecule has 27 heavy (non-hydrogen) atoms. The minimum Gasteiger partial charge on any atom is -0.462 e. The lowest BCUT2D eigenvalue weighted by molar-refractivity contribution is -0.139. The number of piperidine rings is 1. The summed E-state index contributed by atoms with van der Waals surface area (Å²) in [6, 6.07) is 6.96. The quantitative estimate of drug-likeness (QED) is 0.689. The molecule has 3 rings (SSSR count). The molecule has 1 aromatic carbocycles. The number of urea groups is 1. The predicted molar refractivity (Wildman–Crippen MR) is 102 cm³/mol. The van der Waals surface area contributed by atoms with Crippen LogP contribution in [0.2, 0.25) is 0 Å². The Bertz CT molecular complexity index is 721. The van der Waals surface area contributed by atoms with Crippen molar-refractivity contribution >= 4 is 17.7 Å². The minimum absolute atomic E-state index is 0.213. The van der Waals surface area contributed by atoms with Gasteiger partial charge < -0.3 is 25.4 Å². The van der Waals surface area contributed by atoms with Gasteiger partial charge in [0.25, 0.3) is 0 Å². The number of nitrogens with one attached hydrogen (secondary N) is 2. The van der Waals surface area contributed by atoms with E-state index in [9.17, 15) is 14.7 Å². The number of esters is 1. The van der Waals surface area contributed by atoms with Gasteiger partial charge in [-0.1, -0.05) is 19.1 Å². The van der Waals surface area contributed by atoms with Crippen molar-refractivity contribution in [3.8, 4) is 0 Å². The van der Waals surface area contributed by atoms with Gasteiger partial charge in [0.05, 0.1) is 24.3 Å². The summed E-state index contributed by atoms with van der Waals surface area (Å²) in [6.07, 6.45) is 2.06. The van der Waals surface area contributed by atoms with Crippen molar-refractivity contribution in [1.82, 2.24) is 10.6 Å². The predicted octanol–water partition coefficient (Wildman–Crippen LogP) is 2.23. The molecule has 0 saturated carbocycles. The van der Waals surface area contributed by atoms with Crippen molar-refractivity contribution in [1.29, 1.82) is 0 Å². The van der Waals surface area contributed by atoms with E-state index >= 15 is 0 Å². The lowest BCUT2D eigenvalue weighted by atomic mass is 9.95. The number of ether oxygens (including phenoxy) is 1. The van der Waals surface area contributed by atoms with Crippen LogP contribution in [0.1, 0.15) is 44.7 Å². The Kier molecular flexibility index (Phi) is 6.01. The fourth-order valence-electron chi connectivity index (χ4n) is 3.49. The zero-order valence-electron chi connectivity index (χ0n) is 15.8. The second kappa shape index (κ2) is 8.43. The molecular weight excluding hydrogens is 346 g/mol. The van der Waals surface area contributed by atoms with Gasteiger partial charge in [-0.25, -0.2) is 9.59 Å². The van der Waals surface area contributed by atoms with E-state index < -0.39 is 12.0 Å². The van der Waals surface area contributed by atoms with Crippen molar-refractivity contribution in [2.24, 2.45) is 0 Å². The summed E-state index contributed by atoms with van der Waals surface area (Å²) in [5.41, 5.74) is 2.84. The Morgan fingerprint density at radius 2 is 1.93 bits per heavy atom. The van der Waals surface area contributed by atoms with Gasteiger partial charge in [0.15, 0.2) is 0 Å². The van der Waals surface area contributed by atoms with E-state index in [4.69, 9.17) is 4.74 Å². The molecule has 1 atom stereocenters. The van der Waals surface area contributed by atoms with Crippen LogP contribution in [0.15, 0.2) is 35.5 Å². The Morgan fingerprint density at radius 1 is 1.26 bits per heavy atom. The van der Waals surface area contributed by atoms with Crippen molar-refractivity contribution in [2.75, 3.05) is 24.6 Å². The topological polar surface area (TPSA) is 90.9 Å². The van der Waals surface area contributed by atoms with E-state index in [-0.39, 0.29) is 12.1 Å². The standard InChI is InChI=1S/C20H27N3O4/c1-3-12-27-19(25)17-13(2)21-20(26)22-18(17)14-4-6-15(7-5-14)23-10-8-16(24)9-11-23/h4-7,16,18,24H,3,8-12H2,1-2H3,(H2,21,22,26). The highest BCUT2D eigenvalue weighted by molar-refractivity contribution is 5.95. The number of allylic oxidation sites excluding steroid dienone is 1. The Hall–Kier alpha value is -2.54. The van der Waals surface area contributed by atoms with Crippen LogP contribution < -0.4 is 15.5 Å². The molecule has 0 bridgehead atoms. The minimum atomic E-state index is -0.541. The molecule has 0 aromatic heterocycles. The maximum absolute atomic E-state index is 12.5. The van der Waals surface area contributed by atoms with Crippen molar-refractivity contribution in [3.05, 3.63) is 41.1 Å². The van der Waals surface area contributed by atoms with Crippen molar-refractivity contribution in [2.45, 2.75) is 45.3 Å². The van der Waals surface area contributed by atoms with Crippen molar-refractivity contribution in [3.63, 3.8) is 0 Å². The molecule has 0 radical (unpaired) electrons. The third-order valence-electron chi connectivity index (χ3n) is 4.98. The van der Waals surface area contributed by atoms with E-state index in [0.717, 1.165) is 43.6 Å². The summed E-state index contributed by atoms with van der Waals surface area (Å²) < 4.78 is 5.30. The molecule has 7 heteroatoms. The molecule has 1 saturated heterocycles. The van der Waals surface area contributed by atoms with Gasteiger partial charge in [0, 0.05) is 24.5 Å². The van der Waals surface area contributed by atoms with E-state index in [1.54, 1.807) is 6.92 Å². The molecule has 1 aromatic rings. The van der Waals surface area contributed by atoms with Gasteiger partial charge in [-0.3, -0.25) is 0 Å². The average Bonchev–Trinajstić information content (AvgIpc) is 2.66. The Morgan fingerprint density at radius 3 is 2.56 bits per heavy atom. The summed E-state index contributed by atoms with van der Waals surface area (Å²) in [5.74, 6) is -0.416. The second-order valence-corrected chi connectivity index (χ2v) is 7.02. The maximum Gasteiger partial charge on any atom is 0.338 e. The SMILES string of the molecule is CCCOC(=O)C1=C(C)NC(=O)NC1c1ccc(N2CCC(O)CC2)cc1. The molecule has 1 unspecified atom stereocenters. The molecule has 7 nitrogen and oxygen atoms in total. The van der Waals surface area contributed by atoms with Gasteiger partial charge in [-0.2, -0.15) is 0 Å². The van der Waals surface area contributed by atoms with E-state index in [2.05, 4.69) is 15.5 Å². The van der Waals surface area contributed by atoms with E-state index in [1.807, 2.05) is 31.2 Å². The van der Waals surface area contributed by atoms with Gasteiger partial charge >= 0.3 is 12.0 Å². The molecule has 0 spiro atoms. The lowest BCUT2D eigenvalue weighted by Gasteiger charge is -2.32. The number of aliphatic hydroxyl groups excluding tert-OH is 1. The molecule has 2 aliphatic rings. The van der Waals surface area contributed by atoms with Crippen LogP contribution in [0.25, 0.3) is 0 Å². The number of benzene rings is 1.